The summed E-state index contributed by atoms with van der Waals surface area (Å²) in [5.74, 6) is 0. The quantitative estimate of drug-likeness (QED) is 0.430. The first-order valence-corrected chi connectivity index (χ1v) is 3.18. The Morgan fingerprint density at radius 3 is 3.11 bits per heavy atom. The minimum Gasteiger partial charge on any atom is -0.355 e. The molecule has 0 fully saturated rings. The molecule has 0 aromatic heterocycles. The van der Waals surface area contributed by atoms with Crippen LogP contribution in [0.1, 0.15) is 19.8 Å². The fourth-order valence-corrected chi connectivity index (χ4v) is 1.12. The van der Waals surface area contributed by atoms with E-state index in [9.17, 15) is 4.79 Å². The SMILES string of the molecule is CC1=CCC(NC=O)C1. The molecule has 1 aliphatic carbocycles. The molecule has 9 heavy (non-hydrogen) atoms. The highest BCUT2D eigenvalue weighted by Crippen LogP contribution is 2.16. The molecule has 0 saturated carbocycles. The predicted octanol–water partition coefficient (Wildman–Crippen LogP) is 0.841. The molecule has 50 valence electrons. The van der Waals surface area contributed by atoms with Gasteiger partial charge in [0.2, 0.25) is 6.41 Å². The molecule has 0 heterocycles. The van der Waals surface area contributed by atoms with E-state index >= 15 is 0 Å². The summed E-state index contributed by atoms with van der Waals surface area (Å²) in [4.78, 5) is 9.93. The van der Waals surface area contributed by atoms with E-state index in [0.717, 1.165) is 19.3 Å². The molecule has 1 rings (SSSR count). The van der Waals surface area contributed by atoms with Crippen molar-refractivity contribution < 1.29 is 4.79 Å². The van der Waals surface area contributed by atoms with Crippen LogP contribution in [-0.4, -0.2) is 12.5 Å². The molecule has 1 amide bonds. The molecule has 0 aliphatic heterocycles. The topological polar surface area (TPSA) is 29.1 Å². The van der Waals surface area contributed by atoms with Gasteiger partial charge in [0, 0.05) is 6.04 Å². The zero-order valence-electron chi connectivity index (χ0n) is 5.55. The maximum Gasteiger partial charge on any atom is 0.207 e. The molecule has 1 unspecified atom stereocenters. The minimum atomic E-state index is 0.377. The first kappa shape index (κ1) is 6.33. The lowest BCUT2D eigenvalue weighted by atomic mass is 10.2. The van der Waals surface area contributed by atoms with Crippen LogP contribution in [0.5, 0.6) is 0 Å². The van der Waals surface area contributed by atoms with E-state index in [1.807, 2.05) is 0 Å². The average molecular weight is 125 g/mol. The van der Waals surface area contributed by atoms with Gasteiger partial charge in [-0.2, -0.15) is 0 Å². The van der Waals surface area contributed by atoms with Crippen LogP contribution in [0.25, 0.3) is 0 Å². The van der Waals surface area contributed by atoms with E-state index < -0.39 is 0 Å². The molecule has 2 heteroatoms. The van der Waals surface area contributed by atoms with Crippen molar-refractivity contribution in [1.82, 2.24) is 5.32 Å². The molecular formula is C7H11NO. The van der Waals surface area contributed by atoms with Crippen LogP contribution in [0.4, 0.5) is 0 Å². The standard InChI is InChI=1S/C7H11NO/c1-6-2-3-7(4-6)8-5-9/h2,5,7H,3-4H2,1H3,(H,8,9). The van der Waals surface area contributed by atoms with Gasteiger partial charge in [-0.05, 0) is 19.8 Å². The fourth-order valence-electron chi connectivity index (χ4n) is 1.12. The molecule has 1 N–H and O–H groups in total. The van der Waals surface area contributed by atoms with Crippen molar-refractivity contribution >= 4 is 6.41 Å². The van der Waals surface area contributed by atoms with E-state index in [0.29, 0.717) is 6.04 Å². The summed E-state index contributed by atoms with van der Waals surface area (Å²) in [5.41, 5.74) is 1.38. The monoisotopic (exact) mass is 125 g/mol. The van der Waals surface area contributed by atoms with Crippen LogP contribution >= 0.6 is 0 Å². The first-order valence-electron chi connectivity index (χ1n) is 3.18. The van der Waals surface area contributed by atoms with Crippen molar-refractivity contribution in [2.45, 2.75) is 25.8 Å². The van der Waals surface area contributed by atoms with E-state index in [1.165, 1.54) is 5.57 Å². The summed E-state index contributed by atoms with van der Waals surface area (Å²) >= 11 is 0. The summed E-state index contributed by atoms with van der Waals surface area (Å²) in [5, 5.41) is 2.74. The Balaban J connectivity index is 2.28. The number of amides is 1. The zero-order valence-corrected chi connectivity index (χ0v) is 5.55. The number of rotatable bonds is 2. The fraction of sp³-hybridized carbons (Fsp3) is 0.571. The van der Waals surface area contributed by atoms with Gasteiger partial charge in [0.25, 0.3) is 0 Å². The van der Waals surface area contributed by atoms with E-state index in [1.54, 1.807) is 0 Å². The second-order valence-corrected chi connectivity index (χ2v) is 2.47. The van der Waals surface area contributed by atoms with Gasteiger partial charge in [0.1, 0.15) is 0 Å². The van der Waals surface area contributed by atoms with Gasteiger partial charge in [0.05, 0.1) is 0 Å². The molecule has 0 aromatic carbocycles. The Morgan fingerprint density at radius 1 is 1.89 bits per heavy atom. The van der Waals surface area contributed by atoms with E-state index in [4.69, 9.17) is 0 Å². The normalized spacial score (nSPS) is 25.4. The zero-order chi connectivity index (χ0) is 6.69. The number of hydrogen-bond donors (Lipinski definition) is 1. The molecule has 1 atom stereocenters. The second-order valence-electron chi connectivity index (χ2n) is 2.47. The van der Waals surface area contributed by atoms with Crippen molar-refractivity contribution in [1.29, 1.82) is 0 Å². The van der Waals surface area contributed by atoms with Crippen molar-refractivity contribution in [2.75, 3.05) is 0 Å². The smallest absolute Gasteiger partial charge is 0.207 e. The number of hydrogen-bond acceptors (Lipinski definition) is 1. The lowest BCUT2D eigenvalue weighted by molar-refractivity contribution is -0.110. The summed E-state index contributed by atoms with van der Waals surface area (Å²) in [6.07, 6.45) is 4.97. The average Bonchev–Trinajstić information content (AvgIpc) is 2.17. The van der Waals surface area contributed by atoms with Crippen molar-refractivity contribution in [2.24, 2.45) is 0 Å². The van der Waals surface area contributed by atoms with Gasteiger partial charge >= 0.3 is 0 Å². The maximum absolute atomic E-state index is 9.93. The molecule has 0 saturated heterocycles. The Bertz CT molecular complexity index is 140. The summed E-state index contributed by atoms with van der Waals surface area (Å²) in [7, 11) is 0. The predicted molar refractivity (Wildman–Crippen MR) is 36.0 cm³/mol. The molecule has 1 aliphatic rings. The molecule has 0 radical (unpaired) electrons. The van der Waals surface area contributed by atoms with Gasteiger partial charge < -0.3 is 5.32 Å². The summed E-state index contributed by atoms with van der Waals surface area (Å²) < 4.78 is 0. The van der Waals surface area contributed by atoms with Gasteiger partial charge in [-0.15, -0.1) is 0 Å². The van der Waals surface area contributed by atoms with Crippen molar-refractivity contribution in [3.8, 4) is 0 Å². The third kappa shape index (κ3) is 1.56. The highest BCUT2D eigenvalue weighted by molar-refractivity contribution is 5.47. The highest BCUT2D eigenvalue weighted by atomic mass is 16.1. The number of nitrogens with one attached hydrogen (secondary N) is 1. The van der Waals surface area contributed by atoms with Crippen LogP contribution in [0.3, 0.4) is 0 Å². The van der Waals surface area contributed by atoms with Crippen LogP contribution in [0.2, 0.25) is 0 Å². The molecule has 0 bridgehead atoms. The molecule has 2 nitrogen and oxygen atoms in total. The van der Waals surface area contributed by atoms with Crippen LogP contribution in [-0.2, 0) is 4.79 Å². The number of carbonyl (C=O) groups is 1. The Morgan fingerprint density at radius 2 is 2.67 bits per heavy atom. The third-order valence-electron chi connectivity index (χ3n) is 1.62. The maximum atomic E-state index is 9.93. The summed E-state index contributed by atoms with van der Waals surface area (Å²) in [6, 6.07) is 0.377. The third-order valence-corrected chi connectivity index (χ3v) is 1.62. The molecule has 0 spiro atoms. The van der Waals surface area contributed by atoms with Gasteiger partial charge in [-0.1, -0.05) is 11.6 Å². The minimum absolute atomic E-state index is 0.377. The van der Waals surface area contributed by atoms with Crippen molar-refractivity contribution in [3.63, 3.8) is 0 Å². The summed E-state index contributed by atoms with van der Waals surface area (Å²) in [6.45, 7) is 2.09. The van der Waals surface area contributed by atoms with Crippen LogP contribution < -0.4 is 5.32 Å². The number of carbonyl (C=O) groups excluding carboxylic acids is 1. The Kier molecular flexibility index (Phi) is 1.88. The lowest BCUT2D eigenvalue weighted by Crippen LogP contribution is -2.24. The highest BCUT2D eigenvalue weighted by Gasteiger charge is 2.11. The van der Waals surface area contributed by atoms with Gasteiger partial charge in [-0.25, -0.2) is 0 Å². The van der Waals surface area contributed by atoms with E-state index in [2.05, 4.69) is 18.3 Å². The second kappa shape index (κ2) is 2.67. The van der Waals surface area contributed by atoms with Gasteiger partial charge in [0.15, 0.2) is 0 Å². The van der Waals surface area contributed by atoms with Crippen LogP contribution in [0.15, 0.2) is 11.6 Å². The van der Waals surface area contributed by atoms with E-state index in [-0.39, 0.29) is 0 Å². The first-order chi connectivity index (χ1) is 4.33. The van der Waals surface area contributed by atoms with Crippen molar-refractivity contribution in [3.05, 3.63) is 11.6 Å². The van der Waals surface area contributed by atoms with Crippen LogP contribution in [0, 0.1) is 0 Å². The Hall–Kier alpha value is -0.790. The molecular weight excluding hydrogens is 114 g/mol. The molecule has 0 aromatic rings. The largest absolute Gasteiger partial charge is 0.355 e. The Labute approximate surface area is 54.9 Å². The lowest BCUT2D eigenvalue weighted by Gasteiger charge is -2.05. The van der Waals surface area contributed by atoms with Gasteiger partial charge in [-0.3, -0.25) is 4.79 Å².